The monoisotopic (exact) mass is 228 g/mol. The summed E-state index contributed by atoms with van der Waals surface area (Å²) in [5.41, 5.74) is -0.751. The minimum atomic E-state index is -0.751. The van der Waals surface area contributed by atoms with Gasteiger partial charge in [-0.1, -0.05) is 6.92 Å². The molecule has 0 aromatic rings. The van der Waals surface area contributed by atoms with Crippen molar-refractivity contribution in [1.29, 1.82) is 0 Å². The molecule has 1 fully saturated rings. The van der Waals surface area contributed by atoms with Crippen LogP contribution in [0.4, 0.5) is 0 Å². The molecule has 16 heavy (non-hydrogen) atoms. The largest absolute Gasteiger partial charge is 0.480 e. The zero-order valence-electron chi connectivity index (χ0n) is 10.8. The Morgan fingerprint density at radius 3 is 2.44 bits per heavy atom. The lowest BCUT2D eigenvalue weighted by Gasteiger charge is -2.36. The van der Waals surface area contributed by atoms with E-state index >= 15 is 0 Å². The fraction of sp³-hybridized carbons (Fsp3) is 0.917. The van der Waals surface area contributed by atoms with Crippen molar-refractivity contribution >= 4 is 5.97 Å². The fourth-order valence-corrected chi connectivity index (χ4v) is 2.23. The molecule has 1 unspecified atom stereocenters. The molecule has 2 N–H and O–H groups in total. The Morgan fingerprint density at radius 1 is 1.56 bits per heavy atom. The fourth-order valence-electron chi connectivity index (χ4n) is 2.23. The van der Waals surface area contributed by atoms with Gasteiger partial charge in [0.25, 0.3) is 0 Å². The Hall–Kier alpha value is -0.610. The Morgan fingerprint density at radius 2 is 2.12 bits per heavy atom. The minimum Gasteiger partial charge on any atom is -0.480 e. The number of nitrogens with zero attached hydrogens (tertiary/aromatic N) is 1. The summed E-state index contributed by atoms with van der Waals surface area (Å²) < 4.78 is 0. The summed E-state index contributed by atoms with van der Waals surface area (Å²) in [5.74, 6) is -0.412. The predicted octanol–water partition coefficient (Wildman–Crippen LogP) is 1.17. The number of hydrogen-bond donors (Lipinski definition) is 2. The summed E-state index contributed by atoms with van der Waals surface area (Å²) in [5, 5.41) is 12.8. The van der Waals surface area contributed by atoms with E-state index in [4.69, 9.17) is 0 Å². The lowest BCUT2D eigenvalue weighted by atomic mass is 9.91. The van der Waals surface area contributed by atoms with E-state index in [1.807, 2.05) is 20.9 Å². The molecule has 0 aromatic carbocycles. The number of likely N-dealkylation sites (N-methyl/N-ethyl adjacent to an activating group) is 1. The van der Waals surface area contributed by atoms with Crippen LogP contribution in [0.2, 0.25) is 0 Å². The average molecular weight is 228 g/mol. The highest BCUT2D eigenvalue weighted by Crippen LogP contribution is 2.40. The predicted molar refractivity (Wildman–Crippen MR) is 64.5 cm³/mol. The van der Waals surface area contributed by atoms with Gasteiger partial charge in [0.1, 0.15) is 5.54 Å². The highest BCUT2D eigenvalue weighted by atomic mass is 16.4. The second-order valence-corrected chi connectivity index (χ2v) is 5.18. The molecule has 0 amide bonds. The van der Waals surface area contributed by atoms with Crippen LogP contribution in [-0.2, 0) is 4.79 Å². The van der Waals surface area contributed by atoms with Crippen LogP contribution in [0.15, 0.2) is 0 Å². The third kappa shape index (κ3) is 2.95. The van der Waals surface area contributed by atoms with Crippen LogP contribution >= 0.6 is 0 Å². The minimum absolute atomic E-state index is 0.196. The maximum absolute atomic E-state index is 11.6. The molecule has 0 aromatic heterocycles. The molecule has 1 aliphatic rings. The molecule has 0 radical (unpaired) electrons. The van der Waals surface area contributed by atoms with Gasteiger partial charge >= 0.3 is 5.97 Å². The van der Waals surface area contributed by atoms with Gasteiger partial charge in [-0.25, -0.2) is 0 Å². The van der Waals surface area contributed by atoms with E-state index in [2.05, 4.69) is 17.1 Å². The normalized spacial score (nSPS) is 20.1. The van der Waals surface area contributed by atoms with E-state index in [-0.39, 0.29) is 6.04 Å². The van der Waals surface area contributed by atoms with Crippen molar-refractivity contribution in [2.45, 2.75) is 45.2 Å². The molecule has 1 rings (SSSR count). The summed E-state index contributed by atoms with van der Waals surface area (Å²) in [6.07, 6.45) is 2.06. The van der Waals surface area contributed by atoms with E-state index in [0.29, 0.717) is 12.5 Å². The van der Waals surface area contributed by atoms with E-state index in [1.54, 1.807) is 0 Å². The molecular weight excluding hydrogens is 204 g/mol. The molecular formula is C12H24N2O2. The first kappa shape index (κ1) is 13.5. The number of rotatable bonds is 7. The summed E-state index contributed by atoms with van der Waals surface area (Å²) in [7, 11) is 1.97. The van der Waals surface area contributed by atoms with Gasteiger partial charge in [0, 0.05) is 12.6 Å². The van der Waals surface area contributed by atoms with Gasteiger partial charge in [-0.15, -0.1) is 0 Å². The van der Waals surface area contributed by atoms with Gasteiger partial charge in [-0.05, 0) is 46.2 Å². The van der Waals surface area contributed by atoms with E-state index in [1.165, 1.54) is 0 Å². The van der Waals surface area contributed by atoms with Crippen molar-refractivity contribution in [3.05, 3.63) is 0 Å². The van der Waals surface area contributed by atoms with Crippen LogP contribution in [0.25, 0.3) is 0 Å². The van der Waals surface area contributed by atoms with Crippen molar-refractivity contribution in [2.24, 2.45) is 5.92 Å². The second-order valence-electron chi connectivity index (χ2n) is 5.18. The standard InChI is InChI=1S/C12H24N2O2/c1-5-14(4)8-12(11(15)16,10-6-7-10)13-9(2)3/h9-10,13H,5-8H2,1-4H3,(H,15,16). The van der Waals surface area contributed by atoms with Crippen LogP contribution in [0.3, 0.4) is 0 Å². The first-order valence-corrected chi connectivity index (χ1v) is 6.12. The topological polar surface area (TPSA) is 52.6 Å². The van der Waals surface area contributed by atoms with Crippen molar-refractivity contribution < 1.29 is 9.90 Å². The average Bonchev–Trinajstić information content (AvgIpc) is 2.98. The van der Waals surface area contributed by atoms with Crippen LogP contribution in [-0.4, -0.2) is 47.7 Å². The summed E-state index contributed by atoms with van der Waals surface area (Å²) in [6.45, 7) is 7.52. The zero-order valence-corrected chi connectivity index (χ0v) is 10.8. The van der Waals surface area contributed by atoms with Crippen molar-refractivity contribution in [1.82, 2.24) is 10.2 Å². The van der Waals surface area contributed by atoms with E-state index in [0.717, 1.165) is 19.4 Å². The smallest absolute Gasteiger partial charge is 0.325 e. The van der Waals surface area contributed by atoms with Gasteiger partial charge in [0.05, 0.1) is 0 Å². The maximum Gasteiger partial charge on any atom is 0.325 e. The maximum atomic E-state index is 11.6. The summed E-state index contributed by atoms with van der Waals surface area (Å²) in [4.78, 5) is 13.7. The number of nitrogens with one attached hydrogen (secondary N) is 1. The van der Waals surface area contributed by atoms with Gasteiger partial charge < -0.3 is 10.0 Å². The Balaban J connectivity index is 2.83. The molecule has 1 atom stereocenters. The Labute approximate surface area is 98.0 Å². The molecule has 4 heteroatoms. The lowest BCUT2D eigenvalue weighted by Crippen LogP contribution is -2.62. The molecule has 1 aliphatic carbocycles. The Bertz CT molecular complexity index is 251. The van der Waals surface area contributed by atoms with E-state index in [9.17, 15) is 9.90 Å². The van der Waals surface area contributed by atoms with Gasteiger partial charge in [-0.2, -0.15) is 0 Å². The van der Waals surface area contributed by atoms with Crippen LogP contribution < -0.4 is 5.32 Å². The number of aliphatic carboxylic acids is 1. The first-order valence-electron chi connectivity index (χ1n) is 6.12. The molecule has 0 bridgehead atoms. The number of carboxylic acids is 1. The third-order valence-corrected chi connectivity index (χ3v) is 3.26. The SMILES string of the molecule is CCN(C)CC(NC(C)C)(C(=O)O)C1CC1. The Kier molecular flexibility index (Phi) is 4.33. The van der Waals surface area contributed by atoms with Crippen LogP contribution in [0.1, 0.15) is 33.6 Å². The van der Waals surface area contributed by atoms with Crippen molar-refractivity contribution in [3.63, 3.8) is 0 Å². The van der Waals surface area contributed by atoms with Crippen LogP contribution in [0, 0.1) is 5.92 Å². The molecule has 0 saturated heterocycles. The first-order chi connectivity index (χ1) is 7.42. The highest BCUT2D eigenvalue weighted by Gasteiger charge is 2.51. The summed E-state index contributed by atoms with van der Waals surface area (Å²) in [6, 6.07) is 0.196. The van der Waals surface area contributed by atoms with Gasteiger partial charge in [0.15, 0.2) is 0 Å². The second kappa shape index (κ2) is 5.15. The van der Waals surface area contributed by atoms with Crippen molar-refractivity contribution in [3.8, 4) is 0 Å². The molecule has 0 heterocycles. The summed E-state index contributed by atoms with van der Waals surface area (Å²) >= 11 is 0. The van der Waals surface area contributed by atoms with E-state index < -0.39 is 11.5 Å². The van der Waals surface area contributed by atoms with Crippen LogP contribution in [0.5, 0.6) is 0 Å². The zero-order chi connectivity index (χ0) is 12.3. The van der Waals surface area contributed by atoms with Gasteiger partial charge in [-0.3, -0.25) is 10.1 Å². The molecule has 4 nitrogen and oxygen atoms in total. The molecule has 0 spiro atoms. The third-order valence-electron chi connectivity index (χ3n) is 3.26. The van der Waals surface area contributed by atoms with Gasteiger partial charge in [0.2, 0.25) is 0 Å². The number of carboxylic acid groups (broad SMARTS) is 1. The number of hydrogen-bond acceptors (Lipinski definition) is 3. The van der Waals surface area contributed by atoms with Crippen molar-refractivity contribution in [2.75, 3.05) is 20.1 Å². The number of carbonyl (C=O) groups is 1. The molecule has 1 saturated carbocycles. The lowest BCUT2D eigenvalue weighted by molar-refractivity contribution is -0.147. The molecule has 0 aliphatic heterocycles. The highest BCUT2D eigenvalue weighted by molar-refractivity contribution is 5.80. The quantitative estimate of drug-likeness (QED) is 0.687. The molecule has 94 valence electrons.